The SMILES string of the molecule is N#C/N=C1/CC(C2CCCc3ccccc32)Oc2ccc(-c3cccc(C#N)c3)cc21. The maximum atomic E-state index is 9.34. The second-order valence-corrected chi connectivity index (χ2v) is 8.12. The lowest BCUT2D eigenvalue weighted by molar-refractivity contribution is 0.160. The van der Waals surface area contributed by atoms with Gasteiger partial charge < -0.3 is 4.74 Å². The quantitative estimate of drug-likeness (QED) is 0.510. The third-order valence-corrected chi connectivity index (χ3v) is 6.34. The van der Waals surface area contributed by atoms with Crippen molar-refractivity contribution in [3.05, 3.63) is 89.0 Å². The Morgan fingerprint density at radius 2 is 1.81 bits per heavy atom. The monoisotopic (exact) mass is 403 g/mol. The molecule has 3 aromatic carbocycles. The number of fused-ring (bicyclic) bond motifs is 2. The van der Waals surface area contributed by atoms with Gasteiger partial charge in [-0.3, -0.25) is 0 Å². The molecule has 0 fully saturated rings. The van der Waals surface area contributed by atoms with E-state index >= 15 is 0 Å². The summed E-state index contributed by atoms with van der Waals surface area (Å²) in [5.74, 6) is 1.07. The summed E-state index contributed by atoms with van der Waals surface area (Å²) in [5, 5.41) is 18.5. The highest BCUT2D eigenvalue weighted by Crippen LogP contribution is 2.41. The topological polar surface area (TPSA) is 69.2 Å². The molecular weight excluding hydrogens is 382 g/mol. The molecular formula is C27H21N3O. The standard InChI is InChI=1S/C27H21N3O/c28-16-18-5-3-8-20(13-18)21-11-12-26-24(14-21)25(30-17-29)15-27(31-26)23-10-4-7-19-6-1-2-9-22(19)23/h1-3,5-6,8-9,11-14,23,27H,4,7,10,15H2/b30-25-. The molecule has 31 heavy (non-hydrogen) atoms. The molecule has 150 valence electrons. The third kappa shape index (κ3) is 3.58. The Morgan fingerprint density at radius 3 is 2.68 bits per heavy atom. The molecule has 4 heteroatoms. The van der Waals surface area contributed by atoms with E-state index in [1.807, 2.05) is 42.6 Å². The summed E-state index contributed by atoms with van der Waals surface area (Å²) >= 11 is 0. The van der Waals surface area contributed by atoms with Crippen LogP contribution >= 0.6 is 0 Å². The first kappa shape index (κ1) is 19.1. The van der Waals surface area contributed by atoms with E-state index in [0.717, 1.165) is 47.4 Å². The van der Waals surface area contributed by atoms with Crippen molar-refractivity contribution in [1.29, 1.82) is 10.5 Å². The van der Waals surface area contributed by atoms with Gasteiger partial charge >= 0.3 is 0 Å². The van der Waals surface area contributed by atoms with E-state index in [2.05, 4.69) is 35.3 Å². The van der Waals surface area contributed by atoms with Crippen LogP contribution in [0.3, 0.4) is 0 Å². The van der Waals surface area contributed by atoms with E-state index in [1.54, 1.807) is 6.07 Å². The van der Waals surface area contributed by atoms with E-state index in [4.69, 9.17) is 4.74 Å². The lowest BCUT2D eigenvalue weighted by Crippen LogP contribution is -2.34. The van der Waals surface area contributed by atoms with E-state index in [1.165, 1.54) is 11.1 Å². The van der Waals surface area contributed by atoms with Gasteiger partial charge in [0.25, 0.3) is 0 Å². The average molecular weight is 403 g/mol. The molecule has 1 aliphatic heterocycles. The number of nitrogens with zero attached hydrogens (tertiary/aromatic N) is 3. The molecule has 2 aliphatic rings. The molecule has 0 radical (unpaired) electrons. The van der Waals surface area contributed by atoms with E-state index < -0.39 is 0 Å². The summed E-state index contributed by atoms with van der Waals surface area (Å²) in [4.78, 5) is 4.18. The van der Waals surface area contributed by atoms with Crippen LogP contribution in [0.2, 0.25) is 0 Å². The molecule has 0 bridgehead atoms. The zero-order chi connectivity index (χ0) is 21.2. The molecule has 0 saturated heterocycles. The van der Waals surface area contributed by atoms with E-state index in [9.17, 15) is 10.5 Å². The van der Waals surface area contributed by atoms with Gasteiger partial charge in [0.15, 0.2) is 0 Å². The van der Waals surface area contributed by atoms with Crippen molar-refractivity contribution >= 4 is 5.71 Å². The number of hydrogen-bond acceptors (Lipinski definition) is 4. The summed E-state index contributed by atoms with van der Waals surface area (Å²) in [5.41, 5.74) is 6.96. The van der Waals surface area contributed by atoms with Crippen molar-refractivity contribution in [2.24, 2.45) is 4.99 Å². The van der Waals surface area contributed by atoms with Gasteiger partial charge in [0, 0.05) is 17.9 Å². The Morgan fingerprint density at radius 1 is 0.935 bits per heavy atom. The van der Waals surface area contributed by atoms with Gasteiger partial charge in [-0.1, -0.05) is 42.5 Å². The van der Waals surface area contributed by atoms with Crippen molar-refractivity contribution in [3.8, 4) is 29.1 Å². The highest BCUT2D eigenvalue weighted by molar-refractivity contribution is 6.05. The minimum atomic E-state index is -0.0335. The molecule has 0 saturated carbocycles. The van der Waals surface area contributed by atoms with Gasteiger partial charge in [0.05, 0.1) is 17.3 Å². The fourth-order valence-corrected chi connectivity index (χ4v) is 4.88. The van der Waals surface area contributed by atoms with Crippen LogP contribution in [-0.4, -0.2) is 11.8 Å². The van der Waals surface area contributed by atoms with Crippen LogP contribution in [0.1, 0.15) is 47.4 Å². The fourth-order valence-electron chi connectivity index (χ4n) is 4.88. The second-order valence-electron chi connectivity index (χ2n) is 8.12. The largest absolute Gasteiger partial charge is 0.489 e. The van der Waals surface area contributed by atoms with Crippen LogP contribution < -0.4 is 4.74 Å². The maximum Gasteiger partial charge on any atom is 0.205 e. The third-order valence-electron chi connectivity index (χ3n) is 6.34. The summed E-state index contributed by atoms with van der Waals surface area (Å²) in [6.07, 6.45) is 5.90. The van der Waals surface area contributed by atoms with Crippen LogP contribution in [-0.2, 0) is 6.42 Å². The molecule has 2 unspecified atom stereocenters. The average Bonchev–Trinajstić information content (AvgIpc) is 2.83. The molecule has 0 amide bonds. The first-order chi connectivity index (χ1) is 15.3. The normalized spacial score (nSPS) is 20.6. The minimum absolute atomic E-state index is 0.0335. The highest BCUT2D eigenvalue weighted by Gasteiger charge is 2.34. The fraction of sp³-hybridized carbons (Fsp3) is 0.222. The van der Waals surface area contributed by atoms with Gasteiger partial charge in [0.1, 0.15) is 11.9 Å². The van der Waals surface area contributed by atoms with Crippen LogP contribution in [0.25, 0.3) is 11.1 Å². The molecule has 0 aromatic heterocycles. The van der Waals surface area contributed by atoms with Gasteiger partial charge in [-0.05, 0) is 65.8 Å². The van der Waals surface area contributed by atoms with Crippen molar-refractivity contribution in [3.63, 3.8) is 0 Å². The van der Waals surface area contributed by atoms with Gasteiger partial charge in [-0.15, -0.1) is 0 Å². The number of aryl methyl sites for hydroxylation is 1. The second kappa shape index (κ2) is 8.09. The van der Waals surface area contributed by atoms with E-state index in [-0.39, 0.29) is 6.10 Å². The smallest absolute Gasteiger partial charge is 0.205 e. The van der Waals surface area contributed by atoms with Crippen molar-refractivity contribution in [2.45, 2.75) is 37.7 Å². The van der Waals surface area contributed by atoms with Crippen LogP contribution in [0, 0.1) is 22.8 Å². The predicted octanol–water partition coefficient (Wildman–Crippen LogP) is 5.77. The minimum Gasteiger partial charge on any atom is -0.489 e. The van der Waals surface area contributed by atoms with Gasteiger partial charge in [0.2, 0.25) is 6.19 Å². The first-order valence-electron chi connectivity index (χ1n) is 10.6. The Kier molecular flexibility index (Phi) is 4.98. The zero-order valence-corrected chi connectivity index (χ0v) is 17.1. The van der Waals surface area contributed by atoms with Gasteiger partial charge in [-0.25, -0.2) is 0 Å². The molecule has 5 rings (SSSR count). The van der Waals surface area contributed by atoms with Crippen molar-refractivity contribution in [2.75, 3.05) is 0 Å². The lowest BCUT2D eigenvalue weighted by atomic mass is 9.77. The Labute approximate surface area is 182 Å². The Hall–Kier alpha value is -3.89. The molecule has 3 aromatic rings. The molecule has 0 spiro atoms. The number of benzene rings is 3. The summed E-state index contributed by atoms with van der Waals surface area (Å²) < 4.78 is 6.50. The predicted molar refractivity (Wildman–Crippen MR) is 120 cm³/mol. The van der Waals surface area contributed by atoms with Crippen molar-refractivity contribution < 1.29 is 4.74 Å². The molecule has 2 atom stereocenters. The van der Waals surface area contributed by atoms with Crippen molar-refractivity contribution in [1.82, 2.24) is 0 Å². The first-order valence-corrected chi connectivity index (χ1v) is 10.6. The molecule has 0 N–H and O–H groups in total. The summed E-state index contributed by atoms with van der Waals surface area (Å²) in [7, 11) is 0. The Balaban J connectivity index is 1.52. The zero-order valence-electron chi connectivity index (χ0n) is 17.1. The molecule has 4 nitrogen and oxygen atoms in total. The van der Waals surface area contributed by atoms with Crippen LogP contribution in [0.5, 0.6) is 5.75 Å². The summed E-state index contributed by atoms with van der Waals surface area (Å²) in [6.45, 7) is 0. The van der Waals surface area contributed by atoms with E-state index in [0.29, 0.717) is 17.9 Å². The van der Waals surface area contributed by atoms with Crippen LogP contribution in [0.15, 0.2) is 71.7 Å². The number of nitriles is 2. The van der Waals surface area contributed by atoms with Gasteiger partial charge in [-0.2, -0.15) is 15.5 Å². The number of hydrogen-bond donors (Lipinski definition) is 0. The molecule has 1 heterocycles. The highest BCUT2D eigenvalue weighted by atomic mass is 16.5. The summed E-state index contributed by atoms with van der Waals surface area (Å²) in [6, 6.07) is 24.3. The number of ether oxygens (including phenoxy) is 1. The maximum absolute atomic E-state index is 9.34. The van der Waals surface area contributed by atoms with Crippen LogP contribution in [0.4, 0.5) is 0 Å². The molecule has 1 aliphatic carbocycles. The number of rotatable bonds is 2. The lowest BCUT2D eigenvalue weighted by Gasteiger charge is -2.36. The Bertz CT molecular complexity index is 1260. The number of aliphatic imine (C=N–C) groups is 1.